The number of aromatic hydroxyl groups is 2. The molecule has 6 nitrogen and oxygen atoms in total. The molecular formula is C37H55NO5. The molecule has 3 amide bonds. The third kappa shape index (κ3) is 8.93. The summed E-state index contributed by atoms with van der Waals surface area (Å²) in [4.78, 5) is 40.5. The molecule has 0 aromatic heterocycles. The summed E-state index contributed by atoms with van der Waals surface area (Å²) in [5, 5.41) is 22.1. The summed E-state index contributed by atoms with van der Waals surface area (Å²) in [6.45, 7) is 26.1. The van der Waals surface area contributed by atoms with Crippen molar-refractivity contribution in [2.75, 3.05) is 0 Å². The first-order valence-electron chi connectivity index (χ1n) is 15.5. The number of hydrogen-bond acceptors (Lipinski definition) is 5. The molecule has 2 aromatic rings. The van der Waals surface area contributed by atoms with Crippen molar-refractivity contribution in [3.05, 3.63) is 57.6 Å². The minimum Gasteiger partial charge on any atom is -0.507 e. The number of phenolic OH excluding ortho intramolecular Hbond substituents is 2. The predicted octanol–water partition coefficient (Wildman–Crippen LogP) is 8.15. The molecule has 0 heterocycles. The molecule has 0 spiro atoms. The number of nitrogens with zero attached hydrogens (tertiary/aromatic N) is 1. The van der Waals surface area contributed by atoms with E-state index in [1.165, 1.54) is 0 Å². The van der Waals surface area contributed by atoms with E-state index >= 15 is 0 Å². The fourth-order valence-electron chi connectivity index (χ4n) is 5.27. The van der Waals surface area contributed by atoms with Crippen molar-refractivity contribution >= 4 is 17.7 Å². The average Bonchev–Trinajstić information content (AvgIpc) is 2.84. The van der Waals surface area contributed by atoms with Crippen molar-refractivity contribution in [3.63, 3.8) is 0 Å². The van der Waals surface area contributed by atoms with Gasteiger partial charge < -0.3 is 10.2 Å². The van der Waals surface area contributed by atoms with Crippen LogP contribution in [0.3, 0.4) is 0 Å². The molecule has 238 valence electrons. The van der Waals surface area contributed by atoms with E-state index in [9.17, 15) is 24.6 Å². The molecule has 0 fully saturated rings. The summed E-state index contributed by atoms with van der Waals surface area (Å²) in [6.07, 6.45) is 0.719. The van der Waals surface area contributed by atoms with Gasteiger partial charge in [0.25, 0.3) is 0 Å². The molecule has 0 aliphatic heterocycles. The van der Waals surface area contributed by atoms with Gasteiger partial charge in [-0.2, -0.15) is 0 Å². The van der Waals surface area contributed by atoms with E-state index in [4.69, 9.17) is 0 Å². The average molecular weight is 594 g/mol. The number of aryl methyl sites for hydroxylation is 2. The van der Waals surface area contributed by atoms with E-state index in [0.29, 0.717) is 12.8 Å². The summed E-state index contributed by atoms with van der Waals surface area (Å²) in [5.74, 6) is -1.01. The highest BCUT2D eigenvalue weighted by atomic mass is 16.3. The molecule has 0 aliphatic rings. The summed E-state index contributed by atoms with van der Waals surface area (Å²) < 4.78 is 0. The number of amides is 3. The SMILES string of the molecule is CCC(=O)N(C(=O)CCc1cc(C(C)(C)C)c(O)c(C(C)(C)C)c1)C(=O)CCc1cc(C(C)(C)C)c(O)c(C(C)(C)C)c1. The maximum atomic E-state index is 13.4. The van der Waals surface area contributed by atoms with Gasteiger partial charge in [0.2, 0.25) is 17.7 Å². The standard InChI is InChI=1S/C37H55NO5/c1-14-29(39)38(30(40)17-15-23-19-25(34(2,3)4)32(42)26(20-23)35(5,6)7)31(41)18-16-24-21-27(36(8,9)10)33(43)28(22-24)37(11,12)13/h19-22,42-43H,14-18H2,1-13H3. The van der Waals surface area contributed by atoms with Gasteiger partial charge in [-0.15, -0.1) is 0 Å². The van der Waals surface area contributed by atoms with Crippen molar-refractivity contribution in [3.8, 4) is 11.5 Å². The molecule has 0 aliphatic carbocycles. The van der Waals surface area contributed by atoms with Crippen LogP contribution in [0.1, 0.15) is 143 Å². The zero-order valence-electron chi connectivity index (χ0n) is 28.9. The van der Waals surface area contributed by atoms with Gasteiger partial charge in [-0.3, -0.25) is 14.4 Å². The van der Waals surface area contributed by atoms with Gasteiger partial charge in [-0.1, -0.05) is 114 Å². The van der Waals surface area contributed by atoms with Crippen molar-refractivity contribution in [1.29, 1.82) is 0 Å². The Labute approximate surface area is 259 Å². The van der Waals surface area contributed by atoms with Crippen LogP contribution in [-0.4, -0.2) is 32.8 Å². The van der Waals surface area contributed by atoms with Crippen LogP contribution in [0.5, 0.6) is 11.5 Å². The molecule has 0 saturated carbocycles. The third-order valence-electron chi connectivity index (χ3n) is 7.88. The molecule has 0 atom stereocenters. The number of rotatable bonds is 7. The summed E-state index contributed by atoms with van der Waals surface area (Å²) in [7, 11) is 0. The van der Waals surface area contributed by atoms with Crippen LogP contribution in [-0.2, 0) is 48.9 Å². The maximum absolute atomic E-state index is 13.4. The first kappa shape index (κ1) is 36.0. The van der Waals surface area contributed by atoms with Crippen LogP contribution in [0.25, 0.3) is 0 Å². The monoisotopic (exact) mass is 593 g/mol. The quantitative estimate of drug-likeness (QED) is 0.338. The van der Waals surface area contributed by atoms with Gasteiger partial charge in [0.05, 0.1) is 0 Å². The lowest BCUT2D eigenvalue weighted by Crippen LogP contribution is -2.41. The molecule has 0 radical (unpaired) electrons. The molecule has 0 bridgehead atoms. The lowest BCUT2D eigenvalue weighted by Gasteiger charge is -2.28. The van der Waals surface area contributed by atoms with Gasteiger partial charge in [-0.25, -0.2) is 4.90 Å². The molecule has 43 heavy (non-hydrogen) atoms. The second kappa shape index (κ2) is 12.8. The third-order valence-corrected chi connectivity index (χ3v) is 7.88. The normalized spacial score (nSPS) is 12.8. The summed E-state index contributed by atoms with van der Waals surface area (Å²) in [6, 6.07) is 7.71. The minimum atomic E-state index is -0.518. The minimum absolute atomic E-state index is 0.00300. The number of carbonyl (C=O) groups is 3. The maximum Gasteiger partial charge on any atom is 0.236 e. The Balaban J connectivity index is 2.35. The van der Waals surface area contributed by atoms with E-state index in [-0.39, 0.29) is 52.4 Å². The Morgan fingerprint density at radius 2 is 0.791 bits per heavy atom. The number of carbonyl (C=O) groups excluding carboxylic acids is 3. The van der Waals surface area contributed by atoms with Gasteiger partial charge >= 0.3 is 0 Å². The van der Waals surface area contributed by atoms with E-state index in [1.807, 2.05) is 107 Å². The van der Waals surface area contributed by atoms with E-state index in [2.05, 4.69) is 0 Å². The van der Waals surface area contributed by atoms with E-state index in [1.54, 1.807) is 6.92 Å². The summed E-state index contributed by atoms with van der Waals surface area (Å²) >= 11 is 0. The van der Waals surface area contributed by atoms with Crippen LogP contribution < -0.4 is 0 Å². The number of imide groups is 3. The van der Waals surface area contributed by atoms with Gasteiger partial charge in [0.1, 0.15) is 11.5 Å². The zero-order chi connectivity index (χ0) is 33.3. The molecule has 0 unspecified atom stereocenters. The Bertz CT molecular complexity index is 1190. The Morgan fingerprint density at radius 1 is 0.535 bits per heavy atom. The Morgan fingerprint density at radius 3 is 1.00 bits per heavy atom. The smallest absolute Gasteiger partial charge is 0.236 e. The van der Waals surface area contributed by atoms with Crippen LogP contribution in [0, 0.1) is 0 Å². The van der Waals surface area contributed by atoms with Gasteiger partial charge in [0, 0.05) is 19.3 Å². The van der Waals surface area contributed by atoms with Crippen LogP contribution in [0.4, 0.5) is 0 Å². The summed E-state index contributed by atoms with van der Waals surface area (Å²) in [5.41, 5.74) is 3.75. The topological polar surface area (TPSA) is 94.9 Å². The lowest BCUT2D eigenvalue weighted by atomic mass is 9.78. The Kier molecular flexibility index (Phi) is 10.8. The lowest BCUT2D eigenvalue weighted by molar-refractivity contribution is -0.154. The highest BCUT2D eigenvalue weighted by Crippen LogP contribution is 2.41. The van der Waals surface area contributed by atoms with Gasteiger partial charge in [0.15, 0.2) is 0 Å². The molecule has 6 heteroatoms. The fourth-order valence-corrected chi connectivity index (χ4v) is 5.27. The zero-order valence-corrected chi connectivity index (χ0v) is 28.9. The Hall–Kier alpha value is -3.15. The van der Waals surface area contributed by atoms with Crippen LogP contribution in [0.2, 0.25) is 0 Å². The van der Waals surface area contributed by atoms with Crippen molar-refractivity contribution < 1.29 is 24.6 Å². The first-order valence-corrected chi connectivity index (χ1v) is 15.5. The van der Waals surface area contributed by atoms with Crippen LogP contribution in [0.15, 0.2) is 24.3 Å². The van der Waals surface area contributed by atoms with Crippen molar-refractivity contribution in [2.24, 2.45) is 0 Å². The second-order valence-corrected chi connectivity index (χ2v) is 15.9. The van der Waals surface area contributed by atoms with Crippen LogP contribution >= 0.6 is 0 Å². The largest absolute Gasteiger partial charge is 0.507 e. The van der Waals surface area contributed by atoms with Gasteiger partial charge in [-0.05, 0) is 67.9 Å². The highest BCUT2D eigenvalue weighted by molar-refractivity contribution is 6.10. The number of phenols is 2. The second-order valence-electron chi connectivity index (χ2n) is 15.9. The molecular weight excluding hydrogens is 538 g/mol. The molecule has 2 rings (SSSR count). The molecule has 0 saturated heterocycles. The highest BCUT2D eigenvalue weighted by Gasteiger charge is 2.30. The number of hydrogen-bond donors (Lipinski definition) is 2. The fraction of sp³-hybridized carbons (Fsp3) is 0.595. The number of benzene rings is 2. The molecule has 2 N–H and O–H groups in total. The first-order chi connectivity index (χ1) is 19.4. The molecule has 2 aromatic carbocycles. The van der Waals surface area contributed by atoms with E-state index < -0.39 is 17.7 Å². The van der Waals surface area contributed by atoms with E-state index in [0.717, 1.165) is 38.3 Å². The van der Waals surface area contributed by atoms with Crippen molar-refractivity contribution in [1.82, 2.24) is 4.90 Å². The predicted molar refractivity (Wildman–Crippen MR) is 175 cm³/mol. The van der Waals surface area contributed by atoms with Crippen molar-refractivity contribution in [2.45, 2.75) is 144 Å².